The predicted octanol–water partition coefficient (Wildman–Crippen LogP) is 4.19. The van der Waals surface area contributed by atoms with Crippen molar-refractivity contribution in [3.05, 3.63) is 33.9 Å². The SMILES string of the molecule is COc1cc(CCC(Cl)CC(C)C)cc([N+](=O)[O-])c1. The van der Waals surface area contributed by atoms with E-state index in [1.54, 1.807) is 6.07 Å². The maximum Gasteiger partial charge on any atom is 0.273 e. The van der Waals surface area contributed by atoms with Gasteiger partial charge in [-0.25, -0.2) is 0 Å². The van der Waals surface area contributed by atoms with Crippen molar-refractivity contribution >= 4 is 17.3 Å². The van der Waals surface area contributed by atoms with Gasteiger partial charge in [0, 0.05) is 11.4 Å². The minimum absolute atomic E-state index is 0.0596. The van der Waals surface area contributed by atoms with Gasteiger partial charge in [-0.2, -0.15) is 0 Å². The molecule has 19 heavy (non-hydrogen) atoms. The van der Waals surface area contributed by atoms with E-state index in [1.807, 2.05) is 6.07 Å². The Hall–Kier alpha value is -1.29. The maximum absolute atomic E-state index is 10.8. The maximum atomic E-state index is 10.8. The number of nitro benzene ring substituents is 1. The zero-order valence-electron chi connectivity index (χ0n) is 11.6. The van der Waals surface area contributed by atoms with Crippen LogP contribution in [0.3, 0.4) is 0 Å². The molecule has 0 saturated carbocycles. The zero-order valence-corrected chi connectivity index (χ0v) is 12.3. The summed E-state index contributed by atoms with van der Waals surface area (Å²) in [6, 6.07) is 4.84. The molecule has 0 N–H and O–H groups in total. The summed E-state index contributed by atoms with van der Waals surface area (Å²) in [5.74, 6) is 1.07. The Morgan fingerprint density at radius 1 is 1.37 bits per heavy atom. The van der Waals surface area contributed by atoms with Crippen LogP contribution in [0, 0.1) is 16.0 Å². The third-order valence-corrected chi connectivity index (χ3v) is 3.27. The summed E-state index contributed by atoms with van der Waals surface area (Å²) >= 11 is 6.24. The second-order valence-electron chi connectivity index (χ2n) is 5.06. The van der Waals surface area contributed by atoms with Crippen LogP contribution in [0.15, 0.2) is 18.2 Å². The Kier molecular flexibility index (Phi) is 6.09. The fourth-order valence-corrected chi connectivity index (χ4v) is 2.43. The van der Waals surface area contributed by atoms with Crippen molar-refractivity contribution in [1.82, 2.24) is 0 Å². The molecule has 0 bridgehead atoms. The molecule has 1 atom stereocenters. The minimum Gasteiger partial charge on any atom is -0.496 e. The zero-order chi connectivity index (χ0) is 14.4. The van der Waals surface area contributed by atoms with Crippen LogP contribution in [-0.4, -0.2) is 17.4 Å². The van der Waals surface area contributed by atoms with E-state index in [2.05, 4.69) is 13.8 Å². The van der Waals surface area contributed by atoms with Crippen LogP contribution in [0.25, 0.3) is 0 Å². The van der Waals surface area contributed by atoms with Gasteiger partial charge in [-0.1, -0.05) is 13.8 Å². The van der Waals surface area contributed by atoms with Crippen molar-refractivity contribution in [3.8, 4) is 5.75 Å². The van der Waals surface area contributed by atoms with E-state index in [9.17, 15) is 10.1 Å². The Bertz CT molecular complexity index is 435. The molecule has 0 amide bonds. The number of alkyl halides is 1. The molecule has 0 aliphatic heterocycles. The molecular weight excluding hydrogens is 266 g/mol. The number of benzene rings is 1. The summed E-state index contributed by atoms with van der Waals surface area (Å²) in [7, 11) is 1.51. The number of nitro groups is 1. The first kappa shape index (κ1) is 15.8. The van der Waals surface area contributed by atoms with Gasteiger partial charge in [-0.15, -0.1) is 11.6 Å². The second-order valence-corrected chi connectivity index (χ2v) is 5.68. The number of non-ortho nitro benzene ring substituents is 1. The molecule has 5 heteroatoms. The Balaban J connectivity index is 2.72. The van der Waals surface area contributed by atoms with Crippen LogP contribution in [0.4, 0.5) is 5.69 Å². The largest absolute Gasteiger partial charge is 0.496 e. The standard InChI is InChI=1S/C14H20ClNO3/c1-10(2)6-12(15)5-4-11-7-13(16(17)18)9-14(8-11)19-3/h7-10,12H,4-6H2,1-3H3. The van der Waals surface area contributed by atoms with Crippen molar-refractivity contribution in [2.24, 2.45) is 5.92 Å². The van der Waals surface area contributed by atoms with Gasteiger partial charge in [0.1, 0.15) is 5.75 Å². The van der Waals surface area contributed by atoms with E-state index in [4.69, 9.17) is 16.3 Å². The molecule has 0 heterocycles. The first-order valence-corrected chi connectivity index (χ1v) is 6.82. The normalized spacial score (nSPS) is 12.5. The van der Waals surface area contributed by atoms with Gasteiger partial charge in [-0.05, 0) is 36.8 Å². The molecule has 0 radical (unpaired) electrons. The molecule has 1 aromatic carbocycles. The summed E-state index contributed by atoms with van der Waals surface area (Å²) in [4.78, 5) is 10.4. The number of aryl methyl sites for hydroxylation is 1. The van der Waals surface area contributed by atoms with Crippen molar-refractivity contribution in [2.75, 3.05) is 7.11 Å². The fourth-order valence-electron chi connectivity index (χ4n) is 1.96. The fraction of sp³-hybridized carbons (Fsp3) is 0.571. The molecule has 0 aliphatic carbocycles. The van der Waals surface area contributed by atoms with E-state index < -0.39 is 4.92 Å². The molecular formula is C14H20ClNO3. The third-order valence-electron chi connectivity index (χ3n) is 2.87. The lowest BCUT2D eigenvalue weighted by molar-refractivity contribution is -0.385. The Morgan fingerprint density at radius 3 is 2.58 bits per heavy atom. The van der Waals surface area contributed by atoms with Gasteiger partial charge in [-0.3, -0.25) is 10.1 Å². The quantitative estimate of drug-likeness (QED) is 0.429. The van der Waals surface area contributed by atoms with Crippen molar-refractivity contribution in [3.63, 3.8) is 0 Å². The first-order chi connectivity index (χ1) is 8.92. The van der Waals surface area contributed by atoms with Gasteiger partial charge in [0.25, 0.3) is 5.69 Å². The lowest BCUT2D eigenvalue weighted by Crippen LogP contribution is -2.05. The molecule has 0 saturated heterocycles. The van der Waals surface area contributed by atoms with Crippen LogP contribution in [-0.2, 0) is 6.42 Å². The molecule has 4 nitrogen and oxygen atoms in total. The average Bonchev–Trinajstić information content (AvgIpc) is 2.35. The van der Waals surface area contributed by atoms with Crippen LogP contribution >= 0.6 is 11.6 Å². The molecule has 0 fully saturated rings. The van der Waals surface area contributed by atoms with Crippen molar-refractivity contribution in [1.29, 1.82) is 0 Å². The van der Waals surface area contributed by atoms with E-state index in [1.165, 1.54) is 13.2 Å². The lowest BCUT2D eigenvalue weighted by atomic mass is 10.0. The molecule has 0 aliphatic rings. The lowest BCUT2D eigenvalue weighted by Gasteiger charge is -2.12. The topological polar surface area (TPSA) is 52.4 Å². The van der Waals surface area contributed by atoms with Gasteiger partial charge in [0.15, 0.2) is 0 Å². The molecule has 0 spiro atoms. The van der Waals surface area contributed by atoms with Crippen molar-refractivity contribution < 1.29 is 9.66 Å². The number of hydrogen-bond donors (Lipinski definition) is 0. The highest BCUT2D eigenvalue weighted by atomic mass is 35.5. The van der Waals surface area contributed by atoms with E-state index >= 15 is 0 Å². The van der Waals surface area contributed by atoms with E-state index in [-0.39, 0.29) is 11.1 Å². The smallest absolute Gasteiger partial charge is 0.273 e. The molecule has 1 aromatic rings. The number of nitrogens with zero attached hydrogens (tertiary/aromatic N) is 1. The Labute approximate surface area is 118 Å². The van der Waals surface area contributed by atoms with Gasteiger partial charge in [0.2, 0.25) is 0 Å². The second kappa shape index (κ2) is 7.34. The summed E-state index contributed by atoms with van der Waals surface area (Å²) in [6.07, 6.45) is 2.48. The average molecular weight is 286 g/mol. The molecule has 0 aromatic heterocycles. The Morgan fingerprint density at radius 2 is 2.05 bits per heavy atom. The molecule has 1 rings (SSSR count). The highest BCUT2D eigenvalue weighted by molar-refractivity contribution is 6.20. The summed E-state index contributed by atoms with van der Waals surface area (Å²) < 4.78 is 5.08. The molecule has 106 valence electrons. The van der Waals surface area contributed by atoms with Crippen LogP contribution in [0.5, 0.6) is 5.75 Å². The number of halogens is 1. The van der Waals surface area contributed by atoms with Crippen LogP contribution < -0.4 is 4.74 Å². The predicted molar refractivity (Wildman–Crippen MR) is 77.1 cm³/mol. The number of ether oxygens (including phenoxy) is 1. The summed E-state index contributed by atoms with van der Waals surface area (Å²) in [5.41, 5.74) is 0.949. The van der Waals surface area contributed by atoms with Gasteiger partial charge in [0.05, 0.1) is 18.1 Å². The molecule has 1 unspecified atom stereocenters. The highest BCUT2D eigenvalue weighted by Crippen LogP contribution is 2.25. The highest BCUT2D eigenvalue weighted by Gasteiger charge is 2.12. The van der Waals surface area contributed by atoms with Gasteiger partial charge >= 0.3 is 0 Å². The van der Waals surface area contributed by atoms with Crippen molar-refractivity contribution in [2.45, 2.75) is 38.5 Å². The van der Waals surface area contributed by atoms with Gasteiger partial charge < -0.3 is 4.74 Å². The van der Waals surface area contributed by atoms with E-state index in [0.717, 1.165) is 24.8 Å². The number of rotatable bonds is 7. The first-order valence-electron chi connectivity index (χ1n) is 6.38. The monoisotopic (exact) mass is 285 g/mol. The minimum atomic E-state index is -0.404. The van der Waals surface area contributed by atoms with Crippen LogP contribution in [0.2, 0.25) is 0 Å². The summed E-state index contributed by atoms with van der Waals surface area (Å²) in [5, 5.41) is 10.9. The summed E-state index contributed by atoms with van der Waals surface area (Å²) in [6.45, 7) is 4.26. The van der Waals surface area contributed by atoms with Crippen LogP contribution in [0.1, 0.15) is 32.3 Å². The third kappa shape index (κ3) is 5.47. The van der Waals surface area contributed by atoms with E-state index in [0.29, 0.717) is 11.7 Å². The number of methoxy groups -OCH3 is 1. The number of hydrogen-bond acceptors (Lipinski definition) is 3.